The smallest absolute Gasteiger partial charge is 0.230 e. The second-order valence-corrected chi connectivity index (χ2v) is 8.14. The maximum atomic E-state index is 13.2. The van der Waals surface area contributed by atoms with Crippen LogP contribution in [0.5, 0.6) is 5.75 Å². The van der Waals surface area contributed by atoms with E-state index >= 15 is 0 Å². The summed E-state index contributed by atoms with van der Waals surface area (Å²) in [6.07, 6.45) is 1.65. The summed E-state index contributed by atoms with van der Waals surface area (Å²) in [5.74, 6) is 1.94. The average Bonchev–Trinajstić information content (AvgIpc) is 2.86. The van der Waals surface area contributed by atoms with Crippen molar-refractivity contribution in [3.05, 3.63) is 66.2 Å². The topological polar surface area (TPSA) is 58.6 Å². The number of rotatable bonds is 6. The number of ether oxygens (including phenoxy) is 1. The van der Waals surface area contributed by atoms with Crippen LogP contribution in [-0.2, 0) is 4.79 Å². The number of hydrogen-bond acceptors (Lipinski definition) is 5. The third kappa shape index (κ3) is 4.59. The Balaban J connectivity index is 1.38. The minimum Gasteiger partial charge on any atom is -0.497 e. The molecular weight excluding hydrogens is 400 g/mol. The molecule has 0 atom stereocenters. The molecule has 2 heterocycles. The lowest BCUT2D eigenvalue weighted by molar-refractivity contribution is -0.122. The molecule has 166 valence electrons. The van der Waals surface area contributed by atoms with E-state index in [2.05, 4.69) is 28.1 Å². The highest BCUT2D eigenvalue weighted by atomic mass is 16.5. The number of carbonyl (C=O) groups is 1. The first-order valence-corrected chi connectivity index (χ1v) is 11.2. The van der Waals surface area contributed by atoms with Gasteiger partial charge in [0.15, 0.2) is 5.82 Å². The molecule has 0 unspecified atom stereocenters. The zero-order valence-corrected chi connectivity index (χ0v) is 19.0. The van der Waals surface area contributed by atoms with Gasteiger partial charge in [-0.2, -0.15) is 0 Å². The van der Waals surface area contributed by atoms with Crippen molar-refractivity contribution >= 4 is 17.4 Å². The van der Waals surface area contributed by atoms with Gasteiger partial charge in [0.05, 0.1) is 12.8 Å². The molecule has 4 rings (SSSR count). The van der Waals surface area contributed by atoms with E-state index in [4.69, 9.17) is 4.74 Å². The molecule has 1 aliphatic rings. The minimum atomic E-state index is 0.0392. The van der Waals surface area contributed by atoms with Gasteiger partial charge in [-0.05, 0) is 74.7 Å². The van der Waals surface area contributed by atoms with Crippen LogP contribution in [0, 0.1) is 12.8 Å². The Kier molecular flexibility index (Phi) is 6.69. The number of methoxy groups -OCH3 is 1. The van der Waals surface area contributed by atoms with Crippen molar-refractivity contribution in [2.45, 2.75) is 26.7 Å². The summed E-state index contributed by atoms with van der Waals surface area (Å²) in [5, 5.41) is 8.87. The maximum absolute atomic E-state index is 13.2. The van der Waals surface area contributed by atoms with Gasteiger partial charge < -0.3 is 14.5 Å². The van der Waals surface area contributed by atoms with Crippen molar-refractivity contribution in [1.29, 1.82) is 0 Å². The molecule has 6 nitrogen and oxygen atoms in total. The summed E-state index contributed by atoms with van der Waals surface area (Å²) in [7, 11) is 1.66. The highest BCUT2D eigenvalue weighted by Crippen LogP contribution is 2.28. The first kappa shape index (κ1) is 21.8. The summed E-state index contributed by atoms with van der Waals surface area (Å²) >= 11 is 0. The molecule has 0 bridgehead atoms. The number of aryl methyl sites for hydroxylation is 1. The molecule has 0 radical (unpaired) electrons. The number of hydrogen-bond donors (Lipinski definition) is 0. The molecule has 0 spiro atoms. The molecule has 2 aromatic carbocycles. The minimum absolute atomic E-state index is 0.0392. The van der Waals surface area contributed by atoms with E-state index in [1.807, 2.05) is 66.4 Å². The van der Waals surface area contributed by atoms with Crippen LogP contribution < -0.4 is 14.5 Å². The van der Waals surface area contributed by atoms with Crippen LogP contribution in [0.3, 0.4) is 0 Å². The second kappa shape index (κ2) is 9.81. The Bertz CT molecular complexity index is 1040. The SMILES string of the molecule is CCN(C(=O)C1CCN(c2ccc(-c3ccc(OC)cc3)nn2)CC1)c1ccccc1C. The highest BCUT2D eigenvalue weighted by molar-refractivity contribution is 5.95. The molecule has 0 saturated carbocycles. The van der Waals surface area contributed by atoms with Gasteiger partial charge in [0.2, 0.25) is 5.91 Å². The molecule has 1 fully saturated rings. The Morgan fingerprint density at radius 2 is 1.75 bits per heavy atom. The molecule has 1 aromatic heterocycles. The van der Waals surface area contributed by atoms with Crippen LogP contribution in [-0.4, -0.2) is 42.8 Å². The molecule has 3 aromatic rings. The fourth-order valence-electron chi connectivity index (χ4n) is 4.30. The lowest BCUT2D eigenvalue weighted by Gasteiger charge is -2.34. The van der Waals surface area contributed by atoms with Gasteiger partial charge in [0, 0.05) is 36.8 Å². The van der Waals surface area contributed by atoms with Crippen LogP contribution in [0.4, 0.5) is 11.5 Å². The predicted octanol–water partition coefficient (Wildman–Crippen LogP) is 4.73. The molecule has 1 aliphatic heterocycles. The first-order valence-electron chi connectivity index (χ1n) is 11.2. The average molecular weight is 431 g/mol. The predicted molar refractivity (Wildman–Crippen MR) is 128 cm³/mol. The number of nitrogens with zero attached hydrogens (tertiary/aromatic N) is 4. The second-order valence-electron chi connectivity index (χ2n) is 8.14. The van der Waals surface area contributed by atoms with E-state index < -0.39 is 0 Å². The molecule has 32 heavy (non-hydrogen) atoms. The molecule has 6 heteroatoms. The van der Waals surface area contributed by atoms with Gasteiger partial charge in [0.25, 0.3) is 0 Å². The highest BCUT2D eigenvalue weighted by Gasteiger charge is 2.29. The summed E-state index contributed by atoms with van der Waals surface area (Å²) < 4.78 is 5.21. The van der Waals surface area contributed by atoms with E-state index in [0.29, 0.717) is 6.54 Å². The van der Waals surface area contributed by atoms with Gasteiger partial charge in [-0.1, -0.05) is 18.2 Å². The van der Waals surface area contributed by atoms with Crippen LogP contribution in [0.25, 0.3) is 11.3 Å². The van der Waals surface area contributed by atoms with Gasteiger partial charge in [-0.25, -0.2) is 0 Å². The van der Waals surface area contributed by atoms with Crippen molar-refractivity contribution in [2.75, 3.05) is 36.5 Å². The van der Waals surface area contributed by atoms with Crippen molar-refractivity contribution < 1.29 is 9.53 Å². The zero-order valence-electron chi connectivity index (χ0n) is 19.0. The number of amides is 1. The Morgan fingerprint density at radius 3 is 2.34 bits per heavy atom. The molecular formula is C26H30N4O2. The maximum Gasteiger partial charge on any atom is 0.230 e. The van der Waals surface area contributed by atoms with E-state index in [-0.39, 0.29) is 11.8 Å². The molecule has 0 N–H and O–H groups in total. The molecule has 1 amide bonds. The monoisotopic (exact) mass is 430 g/mol. The quantitative estimate of drug-likeness (QED) is 0.566. The van der Waals surface area contributed by atoms with Crippen molar-refractivity contribution in [2.24, 2.45) is 5.92 Å². The largest absolute Gasteiger partial charge is 0.497 e. The Labute approximate surface area is 189 Å². The first-order chi connectivity index (χ1) is 15.6. The molecule has 1 saturated heterocycles. The standard InChI is InChI=1S/C26H30N4O2/c1-4-30(24-8-6-5-7-19(24)2)26(31)21-15-17-29(18-16-21)25-14-13-23(27-28-25)20-9-11-22(32-3)12-10-20/h5-14,21H,4,15-18H2,1-3H3. The number of piperidine rings is 1. The molecule has 0 aliphatic carbocycles. The summed E-state index contributed by atoms with van der Waals surface area (Å²) in [4.78, 5) is 17.4. The number of benzene rings is 2. The van der Waals surface area contributed by atoms with Crippen molar-refractivity contribution in [1.82, 2.24) is 10.2 Å². The normalized spacial score (nSPS) is 14.3. The van der Waals surface area contributed by atoms with E-state index in [1.165, 1.54) is 0 Å². The lowest BCUT2D eigenvalue weighted by Crippen LogP contribution is -2.43. The third-order valence-electron chi connectivity index (χ3n) is 6.19. The fourth-order valence-corrected chi connectivity index (χ4v) is 4.30. The van der Waals surface area contributed by atoms with Gasteiger partial charge in [-0.15, -0.1) is 10.2 Å². The van der Waals surface area contributed by atoms with Crippen LogP contribution in [0.15, 0.2) is 60.7 Å². The lowest BCUT2D eigenvalue weighted by atomic mass is 9.94. The van der Waals surface area contributed by atoms with Crippen molar-refractivity contribution in [3.8, 4) is 17.0 Å². The fraction of sp³-hybridized carbons (Fsp3) is 0.346. The van der Waals surface area contributed by atoms with Crippen LogP contribution in [0.2, 0.25) is 0 Å². The number of anilines is 2. The van der Waals surface area contributed by atoms with Crippen LogP contribution in [0.1, 0.15) is 25.3 Å². The van der Waals surface area contributed by atoms with E-state index in [9.17, 15) is 4.79 Å². The van der Waals surface area contributed by atoms with Crippen LogP contribution >= 0.6 is 0 Å². The summed E-state index contributed by atoms with van der Waals surface area (Å²) in [6.45, 7) is 6.39. The zero-order chi connectivity index (χ0) is 22.5. The Morgan fingerprint density at radius 1 is 1.03 bits per heavy atom. The Hall–Kier alpha value is -3.41. The van der Waals surface area contributed by atoms with E-state index in [0.717, 1.165) is 60.0 Å². The summed E-state index contributed by atoms with van der Waals surface area (Å²) in [6, 6.07) is 19.9. The number of aromatic nitrogens is 2. The van der Waals surface area contributed by atoms with Gasteiger partial charge in [0.1, 0.15) is 5.75 Å². The number of carbonyl (C=O) groups excluding carboxylic acids is 1. The third-order valence-corrected chi connectivity index (χ3v) is 6.19. The van der Waals surface area contributed by atoms with Gasteiger partial charge in [-0.3, -0.25) is 4.79 Å². The van der Waals surface area contributed by atoms with E-state index in [1.54, 1.807) is 7.11 Å². The number of para-hydroxylation sites is 1. The summed E-state index contributed by atoms with van der Waals surface area (Å²) in [5.41, 5.74) is 3.98. The van der Waals surface area contributed by atoms with Gasteiger partial charge >= 0.3 is 0 Å². The van der Waals surface area contributed by atoms with Crippen molar-refractivity contribution in [3.63, 3.8) is 0 Å².